The number of hydrogen-bond donors (Lipinski definition) is 1. The zero-order chi connectivity index (χ0) is 17.5. The lowest BCUT2D eigenvalue weighted by Gasteiger charge is -2.16. The highest BCUT2D eigenvalue weighted by molar-refractivity contribution is 9.10. The van der Waals surface area contributed by atoms with Gasteiger partial charge >= 0.3 is 0 Å². The summed E-state index contributed by atoms with van der Waals surface area (Å²) in [5.74, 6) is -2.60. The van der Waals surface area contributed by atoms with Crippen molar-refractivity contribution in [2.45, 2.75) is 17.2 Å². The Bertz CT molecular complexity index is 665. The summed E-state index contributed by atoms with van der Waals surface area (Å²) in [4.78, 5) is 14.4. The quantitative estimate of drug-likeness (QED) is 0.658. The first-order valence-corrected chi connectivity index (χ1v) is 8.87. The van der Waals surface area contributed by atoms with Gasteiger partial charge in [-0.1, -0.05) is 39.8 Å². The maximum atomic E-state index is 12.3. The summed E-state index contributed by atoms with van der Waals surface area (Å²) in [6.45, 7) is 0.897. The van der Waals surface area contributed by atoms with Crippen molar-refractivity contribution in [1.82, 2.24) is 4.90 Å². The van der Waals surface area contributed by atoms with E-state index < -0.39 is 5.76 Å². The van der Waals surface area contributed by atoms with Gasteiger partial charge in [0, 0.05) is 21.6 Å². The van der Waals surface area contributed by atoms with Gasteiger partial charge in [0.2, 0.25) is 5.91 Å². The molecule has 0 radical (unpaired) electrons. The van der Waals surface area contributed by atoms with E-state index in [4.69, 9.17) is 0 Å². The van der Waals surface area contributed by atoms with Gasteiger partial charge in [0.25, 0.3) is 5.76 Å². The minimum absolute atomic E-state index is 0.149. The molecule has 0 aliphatic rings. The molecule has 2 rings (SSSR count). The molecule has 0 unspecified atom stereocenters. The van der Waals surface area contributed by atoms with Crippen LogP contribution in [0.5, 0.6) is 0 Å². The van der Waals surface area contributed by atoms with Crippen molar-refractivity contribution in [2.75, 3.05) is 18.9 Å². The number of benzene rings is 2. The molecule has 24 heavy (non-hydrogen) atoms. The van der Waals surface area contributed by atoms with Gasteiger partial charge in [-0.3, -0.25) is 9.69 Å². The molecule has 0 spiro atoms. The van der Waals surface area contributed by atoms with Gasteiger partial charge in [0.1, 0.15) is 0 Å². The summed E-state index contributed by atoms with van der Waals surface area (Å²) in [6, 6.07) is 14.3. The molecule has 0 saturated carbocycles. The van der Waals surface area contributed by atoms with Crippen molar-refractivity contribution in [3.63, 3.8) is 0 Å². The number of alkyl halides is 2. The van der Waals surface area contributed by atoms with E-state index in [0.29, 0.717) is 28.9 Å². The van der Waals surface area contributed by atoms with Crippen LogP contribution in [0, 0.1) is 0 Å². The number of rotatable bonds is 7. The average molecular weight is 415 g/mol. The van der Waals surface area contributed by atoms with Gasteiger partial charge in [-0.05, 0) is 49.0 Å². The number of hydrogen-bond acceptors (Lipinski definition) is 3. The van der Waals surface area contributed by atoms with E-state index >= 15 is 0 Å². The molecule has 0 fully saturated rings. The maximum Gasteiger partial charge on any atom is 0.288 e. The lowest BCUT2D eigenvalue weighted by molar-refractivity contribution is -0.117. The fourth-order valence-electron chi connectivity index (χ4n) is 2.12. The predicted molar refractivity (Wildman–Crippen MR) is 97.4 cm³/mol. The molecule has 0 saturated heterocycles. The molecule has 1 amide bonds. The number of anilines is 1. The molecule has 128 valence electrons. The van der Waals surface area contributed by atoms with Gasteiger partial charge in [-0.25, -0.2) is 0 Å². The molecule has 0 bridgehead atoms. The summed E-state index contributed by atoms with van der Waals surface area (Å²) in [5.41, 5.74) is 1.71. The van der Waals surface area contributed by atoms with E-state index in [9.17, 15) is 13.6 Å². The minimum atomic E-state index is -2.45. The number of nitrogens with zero attached hydrogens (tertiary/aromatic N) is 1. The molecule has 7 heteroatoms. The Morgan fingerprint density at radius 3 is 2.38 bits per heavy atom. The first-order valence-electron chi connectivity index (χ1n) is 7.20. The Morgan fingerprint density at radius 2 is 1.79 bits per heavy atom. The molecule has 2 aromatic carbocycles. The van der Waals surface area contributed by atoms with Crippen LogP contribution >= 0.6 is 27.7 Å². The van der Waals surface area contributed by atoms with E-state index in [0.717, 1.165) is 10.0 Å². The summed E-state index contributed by atoms with van der Waals surface area (Å²) < 4.78 is 25.5. The highest BCUT2D eigenvalue weighted by atomic mass is 79.9. The first-order chi connectivity index (χ1) is 11.4. The van der Waals surface area contributed by atoms with E-state index in [1.807, 2.05) is 36.2 Å². The SMILES string of the molecule is CN(CC(=O)Nc1ccc(SC(F)F)cc1)Cc1ccc(Br)cc1. The van der Waals surface area contributed by atoms with Crippen LogP contribution in [0.3, 0.4) is 0 Å². The molecule has 0 aromatic heterocycles. The van der Waals surface area contributed by atoms with Crippen LogP contribution in [0.1, 0.15) is 5.56 Å². The van der Waals surface area contributed by atoms with Gasteiger partial charge in [0.05, 0.1) is 6.54 Å². The second kappa shape index (κ2) is 9.15. The van der Waals surface area contributed by atoms with Crippen molar-refractivity contribution < 1.29 is 13.6 Å². The number of halogens is 3. The second-order valence-electron chi connectivity index (χ2n) is 5.25. The van der Waals surface area contributed by atoms with E-state index in [1.54, 1.807) is 24.3 Å². The van der Waals surface area contributed by atoms with E-state index in [-0.39, 0.29) is 12.5 Å². The molecule has 3 nitrogen and oxygen atoms in total. The normalized spacial score (nSPS) is 11.1. The van der Waals surface area contributed by atoms with Crippen LogP contribution in [-0.2, 0) is 11.3 Å². The molecule has 0 heterocycles. The van der Waals surface area contributed by atoms with Crippen LogP contribution < -0.4 is 5.32 Å². The molecular formula is C17H17BrF2N2OS. The van der Waals surface area contributed by atoms with Crippen molar-refractivity contribution in [1.29, 1.82) is 0 Å². The Hall–Kier alpha value is -1.44. The zero-order valence-corrected chi connectivity index (χ0v) is 15.4. The van der Waals surface area contributed by atoms with Crippen LogP contribution in [0.15, 0.2) is 57.9 Å². The molecule has 0 aliphatic carbocycles. The van der Waals surface area contributed by atoms with Crippen molar-refractivity contribution in [3.05, 3.63) is 58.6 Å². The lowest BCUT2D eigenvalue weighted by Crippen LogP contribution is -2.29. The number of likely N-dealkylation sites (N-methyl/N-ethyl adjacent to an activating group) is 1. The maximum absolute atomic E-state index is 12.3. The van der Waals surface area contributed by atoms with Crippen LogP contribution in [0.2, 0.25) is 0 Å². The summed E-state index contributed by atoms with van der Waals surface area (Å²) >= 11 is 3.87. The predicted octanol–water partition coefficient (Wildman–Crippen LogP) is 4.83. The minimum Gasteiger partial charge on any atom is -0.325 e. The van der Waals surface area contributed by atoms with Crippen molar-refractivity contribution in [2.24, 2.45) is 0 Å². The highest BCUT2D eigenvalue weighted by Crippen LogP contribution is 2.26. The average Bonchev–Trinajstić information content (AvgIpc) is 2.51. The summed E-state index contributed by atoms with van der Waals surface area (Å²) in [7, 11) is 1.87. The Kier molecular flexibility index (Phi) is 7.20. The van der Waals surface area contributed by atoms with Gasteiger partial charge in [-0.15, -0.1) is 0 Å². The van der Waals surface area contributed by atoms with Gasteiger partial charge < -0.3 is 5.32 Å². The topological polar surface area (TPSA) is 32.3 Å². The van der Waals surface area contributed by atoms with Crippen LogP contribution in [0.4, 0.5) is 14.5 Å². The first kappa shape index (κ1) is 18.9. The number of carbonyl (C=O) groups excluding carboxylic acids is 1. The highest BCUT2D eigenvalue weighted by Gasteiger charge is 2.09. The van der Waals surface area contributed by atoms with Gasteiger partial charge in [0.15, 0.2) is 0 Å². The van der Waals surface area contributed by atoms with Gasteiger partial charge in [-0.2, -0.15) is 8.78 Å². The molecular weight excluding hydrogens is 398 g/mol. The van der Waals surface area contributed by atoms with Crippen LogP contribution in [-0.4, -0.2) is 30.2 Å². The Morgan fingerprint density at radius 1 is 1.17 bits per heavy atom. The third kappa shape index (κ3) is 6.59. The largest absolute Gasteiger partial charge is 0.325 e. The molecule has 2 aromatic rings. The van der Waals surface area contributed by atoms with Crippen LogP contribution in [0.25, 0.3) is 0 Å². The number of thioether (sulfide) groups is 1. The lowest BCUT2D eigenvalue weighted by atomic mass is 10.2. The third-order valence-electron chi connectivity index (χ3n) is 3.14. The van der Waals surface area contributed by atoms with E-state index in [2.05, 4.69) is 21.2 Å². The fourth-order valence-corrected chi connectivity index (χ4v) is 2.89. The number of nitrogens with one attached hydrogen (secondary N) is 1. The fraction of sp³-hybridized carbons (Fsp3) is 0.235. The summed E-state index contributed by atoms with van der Waals surface area (Å²) in [6.07, 6.45) is 0. The molecule has 0 atom stereocenters. The zero-order valence-electron chi connectivity index (χ0n) is 13.0. The third-order valence-corrected chi connectivity index (χ3v) is 4.39. The smallest absolute Gasteiger partial charge is 0.288 e. The summed E-state index contributed by atoms with van der Waals surface area (Å²) in [5, 5.41) is 2.76. The standard InChI is InChI=1S/C17H17BrF2N2OS/c1-22(10-12-2-4-13(18)5-3-12)11-16(23)21-14-6-8-15(9-7-14)24-17(19)20/h2-9,17H,10-11H2,1H3,(H,21,23). The van der Waals surface area contributed by atoms with E-state index in [1.165, 1.54) is 0 Å². The van der Waals surface area contributed by atoms with Crippen molar-refractivity contribution in [3.8, 4) is 0 Å². The monoisotopic (exact) mass is 414 g/mol. The Balaban J connectivity index is 1.82. The second-order valence-corrected chi connectivity index (χ2v) is 7.23. The molecule has 0 aliphatic heterocycles. The number of carbonyl (C=O) groups is 1. The Labute approximate surface area is 152 Å². The molecule has 1 N–H and O–H groups in total. The number of amides is 1. The van der Waals surface area contributed by atoms with Crippen molar-refractivity contribution >= 4 is 39.3 Å².